The molecule has 1 aromatic carbocycles. The molecule has 2 N–H and O–H groups in total. The lowest BCUT2D eigenvalue weighted by Crippen LogP contribution is -2.37. The van der Waals surface area contributed by atoms with Crippen LogP contribution in [0.1, 0.15) is 44.7 Å². The van der Waals surface area contributed by atoms with E-state index in [-0.39, 0.29) is 17.9 Å². The van der Waals surface area contributed by atoms with Crippen molar-refractivity contribution in [3.05, 3.63) is 35.9 Å². The Kier molecular flexibility index (Phi) is 6.57. The highest BCUT2D eigenvalue weighted by atomic mass is 16.2. The standard InChI is InChI=1S/C16H26N2O/c1-4-5-9-12-18(3)16(19)13(2)15(17)14-10-7-6-8-11-14/h6-8,10-11,13,15H,4-5,9,12,17H2,1-3H3. The minimum Gasteiger partial charge on any atom is -0.345 e. The highest BCUT2D eigenvalue weighted by molar-refractivity contribution is 5.79. The molecular formula is C16H26N2O. The van der Waals surface area contributed by atoms with E-state index in [1.165, 1.54) is 6.42 Å². The second-order valence-electron chi connectivity index (χ2n) is 5.19. The van der Waals surface area contributed by atoms with Crippen LogP contribution in [0.2, 0.25) is 0 Å². The van der Waals surface area contributed by atoms with Crippen molar-refractivity contribution < 1.29 is 4.79 Å². The Morgan fingerprint density at radius 3 is 2.47 bits per heavy atom. The minimum atomic E-state index is -0.234. The summed E-state index contributed by atoms with van der Waals surface area (Å²) >= 11 is 0. The second kappa shape index (κ2) is 7.95. The highest BCUT2D eigenvalue weighted by Gasteiger charge is 2.24. The number of hydrogen-bond donors (Lipinski definition) is 1. The van der Waals surface area contributed by atoms with Gasteiger partial charge >= 0.3 is 0 Å². The topological polar surface area (TPSA) is 46.3 Å². The van der Waals surface area contributed by atoms with Crippen LogP contribution in [0.4, 0.5) is 0 Å². The molecule has 1 aromatic rings. The van der Waals surface area contributed by atoms with E-state index in [0.717, 1.165) is 24.9 Å². The maximum absolute atomic E-state index is 12.3. The summed E-state index contributed by atoms with van der Waals surface area (Å²) in [7, 11) is 1.87. The van der Waals surface area contributed by atoms with Crippen LogP contribution >= 0.6 is 0 Å². The molecule has 2 unspecified atom stereocenters. The maximum atomic E-state index is 12.3. The van der Waals surface area contributed by atoms with Crippen LogP contribution in [0.5, 0.6) is 0 Å². The molecule has 0 bridgehead atoms. The molecule has 0 fully saturated rings. The van der Waals surface area contributed by atoms with Crippen LogP contribution in [0.3, 0.4) is 0 Å². The largest absolute Gasteiger partial charge is 0.345 e. The van der Waals surface area contributed by atoms with E-state index >= 15 is 0 Å². The van der Waals surface area contributed by atoms with Crippen LogP contribution < -0.4 is 5.73 Å². The fourth-order valence-corrected chi connectivity index (χ4v) is 2.17. The third kappa shape index (κ3) is 4.67. The zero-order valence-electron chi connectivity index (χ0n) is 12.3. The molecule has 19 heavy (non-hydrogen) atoms. The summed E-state index contributed by atoms with van der Waals surface area (Å²) in [5.74, 6) is -0.0542. The van der Waals surface area contributed by atoms with Crippen molar-refractivity contribution in [2.75, 3.05) is 13.6 Å². The molecule has 0 aliphatic carbocycles. The first-order valence-electron chi connectivity index (χ1n) is 7.13. The Morgan fingerprint density at radius 1 is 1.26 bits per heavy atom. The number of nitrogens with two attached hydrogens (primary N) is 1. The third-order valence-electron chi connectivity index (χ3n) is 3.59. The van der Waals surface area contributed by atoms with Gasteiger partial charge in [-0.15, -0.1) is 0 Å². The SMILES string of the molecule is CCCCCN(C)C(=O)C(C)C(N)c1ccccc1. The smallest absolute Gasteiger partial charge is 0.227 e. The zero-order valence-corrected chi connectivity index (χ0v) is 12.3. The Morgan fingerprint density at radius 2 is 1.89 bits per heavy atom. The molecule has 0 saturated heterocycles. The van der Waals surface area contributed by atoms with Crippen molar-refractivity contribution in [3.63, 3.8) is 0 Å². The van der Waals surface area contributed by atoms with Gasteiger partial charge in [-0.05, 0) is 12.0 Å². The van der Waals surface area contributed by atoms with Gasteiger partial charge in [-0.1, -0.05) is 57.0 Å². The maximum Gasteiger partial charge on any atom is 0.227 e. The molecule has 0 heterocycles. The van der Waals surface area contributed by atoms with Gasteiger partial charge in [-0.25, -0.2) is 0 Å². The van der Waals surface area contributed by atoms with E-state index in [1.54, 1.807) is 0 Å². The Bertz CT molecular complexity index is 378. The molecule has 1 rings (SSSR count). The summed E-state index contributed by atoms with van der Waals surface area (Å²) in [6.45, 7) is 4.89. The van der Waals surface area contributed by atoms with Gasteiger partial charge in [0, 0.05) is 19.6 Å². The van der Waals surface area contributed by atoms with Crippen LogP contribution in [0.15, 0.2) is 30.3 Å². The minimum absolute atomic E-state index is 0.132. The molecule has 0 radical (unpaired) electrons. The van der Waals surface area contributed by atoms with Gasteiger partial charge < -0.3 is 10.6 Å². The summed E-state index contributed by atoms with van der Waals surface area (Å²) in [5, 5.41) is 0. The van der Waals surface area contributed by atoms with Crippen molar-refractivity contribution in [1.29, 1.82) is 0 Å². The van der Waals surface area contributed by atoms with E-state index in [4.69, 9.17) is 5.73 Å². The average Bonchev–Trinajstić information content (AvgIpc) is 2.46. The fraction of sp³-hybridized carbons (Fsp3) is 0.562. The van der Waals surface area contributed by atoms with Gasteiger partial charge in [0.2, 0.25) is 5.91 Å². The van der Waals surface area contributed by atoms with Crippen molar-refractivity contribution in [2.45, 2.75) is 39.2 Å². The van der Waals surface area contributed by atoms with Crippen molar-refractivity contribution in [3.8, 4) is 0 Å². The number of hydrogen-bond acceptors (Lipinski definition) is 2. The number of unbranched alkanes of at least 4 members (excludes halogenated alkanes) is 2. The molecule has 0 aliphatic rings. The molecule has 3 nitrogen and oxygen atoms in total. The predicted molar refractivity (Wildman–Crippen MR) is 79.7 cm³/mol. The highest BCUT2D eigenvalue weighted by Crippen LogP contribution is 2.20. The van der Waals surface area contributed by atoms with E-state index in [9.17, 15) is 4.79 Å². The van der Waals surface area contributed by atoms with E-state index in [1.807, 2.05) is 49.2 Å². The molecule has 1 amide bonds. The normalized spacial score (nSPS) is 13.9. The van der Waals surface area contributed by atoms with E-state index in [0.29, 0.717) is 0 Å². The molecular weight excluding hydrogens is 236 g/mol. The molecule has 0 aromatic heterocycles. The first-order valence-corrected chi connectivity index (χ1v) is 7.13. The molecule has 0 spiro atoms. The fourth-order valence-electron chi connectivity index (χ4n) is 2.17. The lowest BCUT2D eigenvalue weighted by molar-refractivity contribution is -0.134. The first kappa shape index (κ1) is 15.7. The van der Waals surface area contributed by atoms with Gasteiger partial charge in [0.25, 0.3) is 0 Å². The van der Waals surface area contributed by atoms with Gasteiger partial charge in [0.15, 0.2) is 0 Å². The second-order valence-corrected chi connectivity index (χ2v) is 5.19. The van der Waals surface area contributed by atoms with Crippen molar-refractivity contribution in [2.24, 2.45) is 11.7 Å². The molecule has 3 heteroatoms. The van der Waals surface area contributed by atoms with Gasteiger partial charge in [-0.3, -0.25) is 4.79 Å². The zero-order chi connectivity index (χ0) is 14.3. The molecule has 106 valence electrons. The summed E-state index contributed by atoms with van der Waals surface area (Å²) < 4.78 is 0. The Balaban J connectivity index is 2.56. The number of amides is 1. The predicted octanol–water partition coefficient (Wildman–Crippen LogP) is 2.97. The van der Waals surface area contributed by atoms with Gasteiger partial charge in [0.1, 0.15) is 0 Å². The monoisotopic (exact) mass is 262 g/mol. The number of nitrogens with zero attached hydrogens (tertiary/aromatic N) is 1. The number of carbonyl (C=O) groups is 1. The van der Waals surface area contributed by atoms with Crippen molar-refractivity contribution in [1.82, 2.24) is 4.90 Å². The average molecular weight is 262 g/mol. The number of rotatable bonds is 7. The van der Waals surface area contributed by atoms with Gasteiger partial charge in [0.05, 0.1) is 5.92 Å². The van der Waals surface area contributed by atoms with Crippen LogP contribution in [0.25, 0.3) is 0 Å². The summed E-state index contributed by atoms with van der Waals surface area (Å²) in [6, 6.07) is 9.59. The van der Waals surface area contributed by atoms with Crippen molar-refractivity contribution >= 4 is 5.91 Å². The lowest BCUT2D eigenvalue weighted by atomic mass is 9.94. The van der Waals surface area contributed by atoms with E-state index < -0.39 is 0 Å². The molecule has 0 aliphatic heterocycles. The van der Waals surface area contributed by atoms with E-state index in [2.05, 4.69) is 6.92 Å². The quantitative estimate of drug-likeness (QED) is 0.768. The summed E-state index contributed by atoms with van der Waals surface area (Å²) in [5.41, 5.74) is 7.20. The van der Waals surface area contributed by atoms with Crippen LogP contribution in [-0.4, -0.2) is 24.4 Å². The van der Waals surface area contributed by atoms with Crippen LogP contribution in [0, 0.1) is 5.92 Å². The molecule has 2 atom stereocenters. The summed E-state index contributed by atoms with van der Waals surface area (Å²) in [6.07, 6.45) is 3.39. The third-order valence-corrected chi connectivity index (χ3v) is 3.59. The summed E-state index contributed by atoms with van der Waals surface area (Å²) in [4.78, 5) is 14.1. The lowest BCUT2D eigenvalue weighted by Gasteiger charge is -2.25. The first-order chi connectivity index (χ1) is 9.07. The van der Waals surface area contributed by atoms with Gasteiger partial charge in [-0.2, -0.15) is 0 Å². The number of carbonyl (C=O) groups excluding carboxylic acids is 1. The number of benzene rings is 1. The molecule has 0 saturated carbocycles. The van der Waals surface area contributed by atoms with Crippen LogP contribution in [-0.2, 0) is 4.79 Å². The Labute approximate surface area is 116 Å². The Hall–Kier alpha value is -1.35.